The molecule has 0 spiro atoms. The highest BCUT2D eigenvalue weighted by molar-refractivity contribution is 9.10. The van der Waals surface area contributed by atoms with Gasteiger partial charge in [-0.25, -0.2) is 0 Å². The molecule has 2 N–H and O–H groups in total. The van der Waals surface area contributed by atoms with Gasteiger partial charge < -0.3 is 5.73 Å². The minimum Gasteiger partial charge on any atom is -0.320 e. The van der Waals surface area contributed by atoms with Crippen LogP contribution < -0.4 is 5.73 Å². The van der Waals surface area contributed by atoms with Gasteiger partial charge in [-0.1, -0.05) is 28.1 Å². The lowest BCUT2D eigenvalue weighted by molar-refractivity contribution is 0.834. The van der Waals surface area contributed by atoms with Crippen LogP contribution in [-0.4, -0.2) is 0 Å². The fraction of sp³-hybridized carbons (Fsp3) is 0.368. The van der Waals surface area contributed by atoms with Gasteiger partial charge in [0.2, 0.25) is 0 Å². The van der Waals surface area contributed by atoms with E-state index in [1.807, 2.05) is 0 Å². The third-order valence-corrected chi connectivity index (χ3v) is 5.87. The van der Waals surface area contributed by atoms with Crippen LogP contribution in [0.2, 0.25) is 0 Å². The van der Waals surface area contributed by atoms with Gasteiger partial charge in [-0.15, -0.1) is 0 Å². The molecule has 0 saturated carbocycles. The van der Waals surface area contributed by atoms with Crippen molar-refractivity contribution in [3.05, 3.63) is 67.2 Å². The van der Waals surface area contributed by atoms with Crippen molar-refractivity contribution >= 4 is 15.9 Å². The van der Waals surface area contributed by atoms with Gasteiger partial charge in [0.25, 0.3) is 0 Å². The lowest BCUT2D eigenvalue weighted by Gasteiger charge is -2.24. The predicted octanol–water partition coefficient (Wildman–Crippen LogP) is 5.35. The third-order valence-electron chi connectivity index (χ3n) is 5.01. The molecule has 0 saturated heterocycles. The van der Waals surface area contributed by atoms with Crippen LogP contribution in [0, 0.1) is 41.5 Å². The fourth-order valence-corrected chi connectivity index (χ4v) is 3.49. The molecule has 0 aromatic heterocycles. The Morgan fingerprint density at radius 2 is 1.24 bits per heavy atom. The van der Waals surface area contributed by atoms with Gasteiger partial charge in [0.05, 0.1) is 6.04 Å². The molecule has 1 unspecified atom stereocenters. The van der Waals surface area contributed by atoms with E-state index in [4.69, 9.17) is 5.73 Å². The molecule has 0 aliphatic heterocycles. The van der Waals surface area contributed by atoms with Crippen LogP contribution in [0.25, 0.3) is 0 Å². The van der Waals surface area contributed by atoms with Gasteiger partial charge >= 0.3 is 0 Å². The molecule has 0 heterocycles. The number of halogens is 1. The first-order valence-corrected chi connectivity index (χ1v) is 8.14. The van der Waals surface area contributed by atoms with Gasteiger partial charge in [0.1, 0.15) is 0 Å². The van der Waals surface area contributed by atoms with Gasteiger partial charge in [-0.3, -0.25) is 0 Å². The molecule has 0 aliphatic carbocycles. The normalized spacial score (nSPS) is 12.6. The minimum atomic E-state index is -0.0829. The molecule has 0 bridgehead atoms. The van der Waals surface area contributed by atoms with E-state index in [0.29, 0.717) is 0 Å². The fourth-order valence-electron chi connectivity index (χ4n) is 3.11. The number of hydrogen-bond donors (Lipinski definition) is 1. The average molecular weight is 346 g/mol. The van der Waals surface area contributed by atoms with Crippen molar-refractivity contribution in [1.82, 2.24) is 0 Å². The summed E-state index contributed by atoms with van der Waals surface area (Å²) in [5, 5.41) is 0. The molecule has 21 heavy (non-hydrogen) atoms. The molecule has 2 rings (SSSR count). The second kappa shape index (κ2) is 5.94. The van der Waals surface area contributed by atoms with E-state index in [2.05, 4.69) is 75.7 Å². The van der Waals surface area contributed by atoms with Crippen LogP contribution in [0.3, 0.4) is 0 Å². The van der Waals surface area contributed by atoms with Gasteiger partial charge in [-0.05, 0) is 92.1 Å². The highest BCUT2D eigenvalue weighted by Crippen LogP contribution is 2.34. The highest BCUT2D eigenvalue weighted by Gasteiger charge is 2.20. The summed E-state index contributed by atoms with van der Waals surface area (Å²) >= 11 is 3.61. The van der Waals surface area contributed by atoms with Crippen molar-refractivity contribution < 1.29 is 0 Å². The first kappa shape index (κ1) is 16.3. The maximum atomic E-state index is 6.65. The summed E-state index contributed by atoms with van der Waals surface area (Å²) in [6, 6.07) is 6.18. The Morgan fingerprint density at radius 1 is 0.762 bits per heavy atom. The molecule has 1 atom stereocenters. The number of nitrogens with two attached hydrogens (primary N) is 1. The molecule has 112 valence electrons. The molecular weight excluding hydrogens is 322 g/mol. The first-order chi connectivity index (χ1) is 9.77. The lowest BCUT2D eigenvalue weighted by atomic mass is 9.83. The smallest absolute Gasteiger partial charge is 0.0560 e. The summed E-state index contributed by atoms with van der Waals surface area (Å²) in [6.45, 7) is 13.1. The standard InChI is InChI=1S/C19H24BrN/c1-10-11(2)13(4)18(14(5)12(10)3)19(21)16-8-7-9-17(20)15(16)6/h7-9,19H,21H2,1-6H3. The minimum absolute atomic E-state index is 0.0829. The molecule has 2 heteroatoms. The van der Waals surface area contributed by atoms with Crippen molar-refractivity contribution in [3.63, 3.8) is 0 Å². The van der Waals surface area contributed by atoms with E-state index in [1.165, 1.54) is 44.5 Å². The molecule has 0 amide bonds. The maximum Gasteiger partial charge on any atom is 0.0560 e. The van der Waals surface area contributed by atoms with Crippen LogP contribution in [0.4, 0.5) is 0 Å². The Morgan fingerprint density at radius 3 is 1.76 bits per heavy atom. The quantitative estimate of drug-likeness (QED) is 0.780. The van der Waals surface area contributed by atoms with E-state index in [-0.39, 0.29) is 6.04 Å². The predicted molar refractivity (Wildman–Crippen MR) is 95.0 cm³/mol. The Bertz CT molecular complexity index is 672. The first-order valence-electron chi connectivity index (χ1n) is 7.34. The van der Waals surface area contributed by atoms with Crippen LogP contribution in [0.1, 0.15) is 50.5 Å². The van der Waals surface area contributed by atoms with Gasteiger partial charge in [0.15, 0.2) is 0 Å². The highest BCUT2D eigenvalue weighted by atomic mass is 79.9. The molecule has 2 aromatic rings. The van der Waals surface area contributed by atoms with Crippen LogP contribution in [0.15, 0.2) is 22.7 Å². The second-order valence-corrected chi connectivity index (χ2v) is 6.82. The molecular formula is C19H24BrN. The molecule has 0 radical (unpaired) electrons. The summed E-state index contributed by atoms with van der Waals surface area (Å²) in [5.41, 5.74) is 17.1. The average Bonchev–Trinajstić information content (AvgIpc) is 2.46. The Balaban J connectivity index is 2.70. The van der Waals surface area contributed by atoms with Crippen LogP contribution in [0.5, 0.6) is 0 Å². The van der Waals surface area contributed by atoms with Gasteiger partial charge in [-0.2, -0.15) is 0 Å². The summed E-state index contributed by atoms with van der Waals surface area (Å²) < 4.78 is 1.12. The second-order valence-electron chi connectivity index (χ2n) is 5.97. The maximum absolute atomic E-state index is 6.65. The van der Waals surface area contributed by atoms with Crippen molar-refractivity contribution in [1.29, 1.82) is 0 Å². The van der Waals surface area contributed by atoms with E-state index in [1.54, 1.807) is 0 Å². The summed E-state index contributed by atoms with van der Waals surface area (Å²) in [4.78, 5) is 0. The largest absolute Gasteiger partial charge is 0.320 e. The zero-order valence-corrected chi connectivity index (χ0v) is 15.4. The van der Waals surface area contributed by atoms with E-state index in [9.17, 15) is 0 Å². The van der Waals surface area contributed by atoms with E-state index < -0.39 is 0 Å². The van der Waals surface area contributed by atoms with E-state index in [0.717, 1.165) is 4.47 Å². The SMILES string of the molecule is Cc1c(Br)cccc1C(N)c1c(C)c(C)c(C)c(C)c1C. The van der Waals surface area contributed by atoms with Crippen molar-refractivity contribution in [2.24, 2.45) is 5.73 Å². The topological polar surface area (TPSA) is 26.0 Å². The third kappa shape index (κ3) is 2.67. The molecule has 0 aliphatic rings. The number of hydrogen-bond acceptors (Lipinski definition) is 1. The Labute approximate surface area is 136 Å². The summed E-state index contributed by atoms with van der Waals surface area (Å²) in [5.74, 6) is 0. The van der Waals surface area contributed by atoms with Gasteiger partial charge in [0, 0.05) is 4.47 Å². The zero-order chi connectivity index (χ0) is 15.9. The number of benzene rings is 2. The monoisotopic (exact) mass is 345 g/mol. The van der Waals surface area contributed by atoms with Crippen molar-refractivity contribution in [2.75, 3.05) is 0 Å². The van der Waals surface area contributed by atoms with E-state index >= 15 is 0 Å². The molecule has 2 aromatic carbocycles. The summed E-state index contributed by atoms with van der Waals surface area (Å²) in [7, 11) is 0. The number of rotatable bonds is 2. The lowest BCUT2D eigenvalue weighted by Crippen LogP contribution is -2.18. The van der Waals surface area contributed by atoms with Crippen LogP contribution >= 0.6 is 15.9 Å². The molecule has 0 fully saturated rings. The summed E-state index contributed by atoms with van der Waals surface area (Å²) in [6.07, 6.45) is 0. The Hall–Kier alpha value is -1.12. The molecule has 1 nitrogen and oxygen atoms in total. The van der Waals surface area contributed by atoms with Crippen LogP contribution in [-0.2, 0) is 0 Å². The zero-order valence-electron chi connectivity index (χ0n) is 13.8. The Kier molecular flexibility index (Phi) is 4.60. The van der Waals surface area contributed by atoms with Crippen molar-refractivity contribution in [2.45, 2.75) is 47.6 Å². The van der Waals surface area contributed by atoms with Crippen molar-refractivity contribution in [3.8, 4) is 0 Å².